The average Bonchev–Trinajstić information content (AvgIpc) is 3.02. The number of H-pyrrole nitrogens is 1. The smallest absolute Gasteiger partial charge is 0.230 e. The highest BCUT2D eigenvalue weighted by atomic mass is 16.5. The quantitative estimate of drug-likeness (QED) is 0.886. The van der Waals surface area contributed by atoms with Crippen molar-refractivity contribution in [3.63, 3.8) is 0 Å². The van der Waals surface area contributed by atoms with Crippen LogP contribution in [0.2, 0.25) is 0 Å². The fourth-order valence-electron chi connectivity index (χ4n) is 2.79. The zero-order valence-electron chi connectivity index (χ0n) is 12.8. The van der Waals surface area contributed by atoms with Gasteiger partial charge in [-0.1, -0.05) is 12.1 Å². The molecule has 3 rings (SSSR count). The molecule has 1 fully saturated rings. The van der Waals surface area contributed by atoms with Crippen molar-refractivity contribution in [2.45, 2.75) is 38.6 Å². The van der Waals surface area contributed by atoms with Crippen LogP contribution in [0.5, 0.6) is 0 Å². The van der Waals surface area contributed by atoms with Gasteiger partial charge in [0.1, 0.15) is 11.9 Å². The molecule has 0 saturated carbocycles. The summed E-state index contributed by atoms with van der Waals surface area (Å²) in [5.41, 5.74) is 1.78. The molecule has 1 amide bonds. The Kier molecular flexibility index (Phi) is 4.13. The summed E-state index contributed by atoms with van der Waals surface area (Å²) in [5.74, 6) is 0.599. The molecule has 2 atom stereocenters. The lowest BCUT2D eigenvalue weighted by Crippen LogP contribution is -2.32. The first kappa shape index (κ1) is 15.0. The minimum absolute atomic E-state index is 0.0325. The highest BCUT2D eigenvalue weighted by Gasteiger charge is 2.35. The van der Waals surface area contributed by atoms with Crippen molar-refractivity contribution in [3.05, 3.63) is 30.1 Å². The van der Waals surface area contributed by atoms with Gasteiger partial charge in [0.2, 0.25) is 5.91 Å². The third-order valence-corrected chi connectivity index (χ3v) is 3.79. The van der Waals surface area contributed by atoms with Gasteiger partial charge in [-0.05, 0) is 26.0 Å². The molecule has 2 aromatic rings. The number of ether oxygens (including phenoxy) is 1. The maximum Gasteiger partial charge on any atom is 0.230 e. The Labute approximate surface area is 129 Å². The number of benzene rings is 1. The number of nitrogens with zero attached hydrogens (tertiary/aromatic N) is 2. The fraction of sp³-hybridized carbons (Fsp3) is 0.500. The number of imidazole rings is 1. The molecule has 6 heteroatoms. The van der Waals surface area contributed by atoms with Crippen LogP contribution in [-0.2, 0) is 16.0 Å². The van der Waals surface area contributed by atoms with Crippen LogP contribution in [0.25, 0.3) is 11.0 Å². The Morgan fingerprint density at radius 2 is 2.23 bits per heavy atom. The van der Waals surface area contributed by atoms with Gasteiger partial charge in [0.15, 0.2) is 0 Å². The molecule has 0 spiro atoms. The van der Waals surface area contributed by atoms with Crippen LogP contribution < -0.4 is 0 Å². The molecule has 1 aliphatic rings. The van der Waals surface area contributed by atoms with E-state index in [-0.39, 0.29) is 24.5 Å². The Morgan fingerprint density at radius 3 is 2.95 bits per heavy atom. The summed E-state index contributed by atoms with van der Waals surface area (Å²) in [5, 5.41) is 10.00. The minimum atomic E-state index is -0.623. The molecule has 2 N–H and O–H groups in total. The maximum atomic E-state index is 12.4. The maximum absolute atomic E-state index is 12.4. The number of fused-ring (bicyclic) bond motifs is 1. The zero-order chi connectivity index (χ0) is 15.7. The van der Waals surface area contributed by atoms with Crippen molar-refractivity contribution in [1.82, 2.24) is 14.9 Å². The number of aromatic amines is 1. The molecular weight excluding hydrogens is 282 g/mol. The van der Waals surface area contributed by atoms with E-state index in [9.17, 15) is 9.90 Å². The molecule has 6 nitrogen and oxygen atoms in total. The zero-order valence-corrected chi connectivity index (χ0v) is 12.8. The number of aliphatic hydroxyl groups excluding tert-OH is 1. The molecule has 0 unspecified atom stereocenters. The topological polar surface area (TPSA) is 78.5 Å². The van der Waals surface area contributed by atoms with Gasteiger partial charge in [-0.25, -0.2) is 4.98 Å². The van der Waals surface area contributed by atoms with Crippen molar-refractivity contribution >= 4 is 16.9 Å². The summed E-state index contributed by atoms with van der Waals surface area (Å²) >= 11 is 0. The molecule has 0 bridgehead atoms. The molecule has 1 aromatic carbocycles. The van der Waals surface area contributed by atoms with Crippen molar-refractivity contribution in [2.24, 2.45) is 0 Å². The van der Waals surface area contributed by atoms with Crippen LogP contribution in [0.4, 0.5) is 0 Å². The molecule has 22 heavy (non-hydrogen) atoms. The molecule has 2 heterocycles. The Balaban J connectivity index is 1.64. The van der Waals surface area contributed by atoms with E-state index in [0.29, 0.717) is 18.9 Å². The number of para-hydroxylation sites is 2. The SMILES string of the molecule is CC(C)O[C@H]1CN(C(=O)Cc2nc3ccccc3[nH]2)C[C@@H]1O. The lowest BCUT2D eigenvalue weighted by Gasteiger charge is -2.18. The number of rotatable bonds is 4. The summed E-state index contributed by atoms with van der Waals surface area (Å²) in [4.78, 5) is 21.6. The number of aromatic nitrogens is 2. The van der Waals surface area contributed by atoms with E-state index in [1.54, 1.807) is 4.90 Å². The lowest BCUT2D eigenvalue weighted by molar-refractivity contribution is -0.130. The van der Waals surface area contributed by atoms with Gasteiger partial charge in [-0.15, -0.1) is 0 Å². The van der Waals surface area contributed by atoms with Crippen LogP contribution >= 0.6 is 0 Å². The minimum Gasteiger partial charge on any atom is -0.388 e. The number of hydrogen-bond acceptors (Lipinski definition) is 4. The number of aliphatic hydroxyl groups is 1. The van der Waals surface area contributed by atoms with Gasteiger partial charge in [-0.2, -0.15) is 0 Å². The van der Waals surface area contributed by atoms with Crippen LogP contribution in [-0.4, -0.2) is 57.3 Å². The first-order valence-corrected chi connectivity index (χ1v) is 7.58. The first-order valence-electron chi connectivity index (χ1n) is 7.58. The lowest BCUT2D eigenvalue weighted by atomic mass is 10.2. The fourth-order valence-corrected chi connectivity index (χ4v) is 2.79. The number of β-amino-alcohol motifs (C(OH)–C–C–N with tert-alkyl or cyclic N) is 1. The second-order valence-electron chi connectivity index (χ2n) is 5.97. The number of carbonyl (C=O) groups is 1. The van der Waals surface area contributed by atoms with Crippen LogP contribution in [0.1, 0.15) is 19.7 Å². The predicted molar refractivity (Wildman–Crippen MR) is 82.4 cm³/mol. The number of carbonyl (C=O) groups excluding carboxylic acids is 1. The Hall–Kier alpha value is -1.92. The molecule has 0 aliphatic carbocycles. The number of amides is 1. The number of likely N-dealkylation sites (tertiary alicyclic amines) is 1. The second kappa shape index (κ2) is 6.06. The molecule has 1 aliphatic heterocycles. The first-order chi connectivity index (χ1) is 10.5. The van der Waals surface area contributed by atoms with Gasteiger partial charge >= 0.3 is 0 Å². The molecule has 1 saturated heterocycles. The van der Waals surface area contributed by atoms with Crippen molar-refractivity contribution < 1.29 is 14.6 Å². The van der Waals surface area contributed by atoms with E-state index in [1.807, 2.05) is 38.1 Å². The average molecular weight is 303 g/mol. The van der Waals surface area contributed by atoms with Crippen molar-refractivity contribution in [2.75, 3.05) is 13.1 Å². The third kappa shape index (κ3) is 3.13. The van der Waals surface area contributed by atoms with E-state index in [2.05, 4.69) is 9.97 Å². The summed E-state index contributed by atoms with van der Waals surface area (Å²) in [7, 11) is 0. The predicted octanol–water partition coefficient (Wildman–Crippen LogP) is 1.10. The van der Waals surface area contributed by atoms with Gasteiger partial charge in [0.05, 0.1) is 29.7 Å². The van der Waals surface area contributed by atoms with Crippen LogP contribution in [0.3, 0.4) is 0 Å². The van der Waals surface area contributed by atoms with E-state index in [0.717, 1.165) is 11.0 Å². The highest BCUT2D eigenvalue weighted by molar-refractivity contribution is 5.80. The van der Waals surface area contributed by atoms with Gasteiger partial charge < -0.3 is 19.7 Å². The largest absolute Gasteiger partial charge is 0.388 e. The molecule has 0 radical (unpaired) electrons. The standard InChI is InChI=1S/C16H21N3O3/c1-10(2)22-14-9-19(8-13(14)20)16(21)7-15-17-11-5-3-4-6-12(11)18-15/h3-6,10,13-14,20H,7-9H2,1-2H3,(H,17,18)/t13-,14-/m0/s1. The van der Waals surface area contributed by atoms with Crippen LogP contribution in [0.15, 0.2) is 24.3 Å². The monoisotopic (exact) mass is 303 g/mol. The normalized spacial score (nSPS) is 21.9. The van der Waals surface area contributed by atoms with Crippen LogP contribution in [0, 0.1) is 0 Å². The second-order valence-corrected chi connectivity index (χ2v) is 5.97. The van der Waals surface area contributed by atoms with Gasteiger partial charge in [-0.3, -0.25) is 4.79 Å². The number of hydrogen-bond donors (Lipinski definition) is 2. The summed E-state index contributed by atoms with van der Waals surface area (Å²) in [6.07, 6.45) is -0.692. The Morgan fingerprint density at radius 1 is 1.45 bits per heavy atom. The summed E-state index contributed by atoms with van der Waals surface area (Å²) in [6, 6.07) is 7.69. The molecular formula is C16H21N3O3. The van der Waals surface area contributed by atoms with E-state index in [1.165, 1.54) is 0 Å². The highest BCUT2D eigenvalue weighted by Crippen LogP contribution is 2.17. The molecule has 118 valence electrons. The van der Waals surface area contributed by atoms with Crippen molar-refractivity contribution in [1.29, 1.82) is 0 Å². The summed E-state index contributed by atoms with van der Waals surface area (Å²) in [6.45, 7) is 4.59. The van der Waals surface area contributed by atoms with Gasteiger partial charge in [0, 0.05) is 13.1 Å². The number of nitrogens with one attached hydrogen (secondary N) is 1. The summed E-state index contributed by atoms with van der Waals surface area (Å²) < 4.78 is 5.63. The molecule has 1 aromatic heterocycles. The third-order valence-electron chi connectivity index (χ3n) is 3.79. The van der Waals surface area contributed by atoms with E-state index in [4.69, 9.17) is 4.74 Å². The van der Waals surface area contributed by atoms with Gasteiger partial charge in [0.25, 0.3) is 0 Å². The Bertz CT molecular complexity index is 634. The van der Waals surface area contributed by atoms with E-state index < -0.39 is 6.10 Å². The van der Waals surface area contributed by atoms with E-state index >= 15 is 0 Å². The van der Waals surface area contributed by atoms with Crippen molar-refractivity contribution in [3.8, 4) is 0 Å².